The summed E-state index contributed by atoms with van der Waals surface area (Å²) in [6, 6.07) is 1.67. The number of sulfonamides is 1. The van der Waals surface area contributed by atoms with Gasteiger partial charge in [0, 0.05) is 4.47 Å². The van der Waals surface area contributed by atoms with E-state index in [-0.39, 0.29) is 4.21 Å². The van der Waals surface area contributed by atoms with Crippen molar-refractivity contribution in [1.29, 1.82) is 0 Å². The molecule has 2 rings (SSSR count). The third-order valence-electron chi connectivity index (χ3n) is 1.51. The van der Waals surface area contributed by atoms with Gasteiger partial charge in [-0.15, -0.1) is 11.3 Å². The first-order valence-corrected chi connectivity index (χ1v) is 6.90. The number of rotatable bonds is 3. The molecule has 8 heteroatoms. The lowest BCUT2D eigenvalue weighted by atomic mass is 10.6. The van der Waals surface area contributed by atoms with E-state index in [0.29, 0.717) is 10.2 Å². The van der Waals surface area contributed by atoms with Crippen molar-refractivity contribution in [2.75, 3.05) is 4.72 Å². The first kappa shape index (κ1) is 10.7. The average molecular weight is 309 g/mol. The Morgan fingerprint density at radius 2 is 2.33 bits per heavy atom. The van der Waals surface area contributed by atoms with E-state index in [9.17, 15) is 8.42 Å². The average Bonchev–Trinajstić information content (AvgIpc) is 2.75. The van der Waals surface area contributed by atoms with Crippen LogP contribution in [0, 0.1) is 0 Å². The standard InChI is InChI=1S/C7H5BrN2O3S2/c8-6-1-2-14-7(6)15(11,12)10-5-3-9-13-4-5/h1-4,10H. The molecule has 0 saturated carbocycles. The van der Waals surface area contributed by atoms with Gasteiger partial charge in [-0.3, -0.25) is 4.72 Å². The molecule has 0 fully saturated rings. The molecule has 0 aromatic carbocycles. The van der Waals surface area contributed by atoms with Crippen LogP contribution in [0.4, 0.5) is 5.69 Å². The van der Waals surface area contributed by atoms with Gasteiger partial charge in [-0.2, -0.15) is 0 Å². The molecule has 0 radical (unpaired) electrons. The van der Waals surface area contributed by atoms with E-state index in [1.165, 1.54) is 12.5 Å². The summed E-state index contributed by atoms with van der Waals surface area (Å²) in [5.74, 6) is 0. The minimum atomic E-state index is -3.55. The molecule has 2 heterocycles. The van der Waals surface area contributed by atoms with Gasteiger partial charge in [0.2, 0.25) is 0 Å². The van der Waals surface area contributed by atoms with Gasteiger partial charge in [-0.1, -0.05) is 5.16 Å². The predicted molar refractivity (Wildman–Crippen MR) is 59.3 cm³/mol. The molecule has 80 valence electrons. The highest BCUT2D eigenvalue weighted by atomic mass is 79.9. The van der Waals surface area contributed by atoms with E-state index in [4.69, 9.17) is 0 Å². The van der Waals surface area contributed by atoms with Gasteiger partial charge in [0.05, 0.1) is 6.20 Å². The number of thiophene rings is 1. The summed E-state index contributed by atoms with van der Waals surface area (Å²) in [6.45, 7) is 0. The molecule has 1 N–H and O–H groups in total. The number of nitrogens with zero attached hydrogens (tertiary/aromatic N) is 1. The third-order valence-corrected chi connectivity index (χ3v) is 5.56. The molecular formula is C7H5BrN2O3S2. The minimum Gasteiger partial charge on any atom is -0.362 e. The molecule has 2 aromatic heterocycles. The summed E-state index contributed by atoms with van der Waals surface area (Å²) < 4.78 is 31.2. The molecule has 0 aliphatic heterocycles. The fourth-order valence-corrected chi connectivity index (χ4v) is 4.29. The second-order valence-corrected chi connectivity index (χ2v) is 6.22. The predicted octanol–water partition coefficient (Wildman–Crippen LogP) is 2.30. The minimum absolute atomic E-state index is 0.226. The maximum atomic E-state index is 11.8. The molecule has 0 atom stereocenters. The number of aromatic nitrogens is 1. The van der Waals surface area contributed by atoms with Crippen LogP contribution in [0.3, 0.4) is 0 Å². The lowest BCUT2D eigenvalue weighted by Gasteiger charge is -2.02. The van der Waals surface area contributed by atoms with Gasteiger partial charge in [0.1, 0.15) is 12.0 Å². The van der Waals surface area contributed by atoms with Crippen LogP contribution in [0.2, 0.25) is 0 Å². The molecule has 0 aliphatic rings. The van der Waals surface area contributed by atoms with E-state index in [0.717, 1.165) is 11.3 Å². The van der Waals surface area contributed by atoms with Crippen LogP contribution >= 0.6 is 27.3 Å². The molecule has 2 aromatic rings. The molecule has 0 unspecified atom stereocenters. The van der Waals surface area contributed by atoms with Gasteiger partial charge in [-0.25, -0.2) is 8.42 Å². The van der Waals surface area contributed by atoms with Gasteiger partial charge < -0.3 is 4.52 Å². The second kappa shape index (κ2) is 3.95. The Kier molecular flexibility index (Phi) is 2.81. The number of halogens is 1. The van der Waals surface area contributed by atoms with Crippen molar-refractivity contribution in [2.45, 2.75) is 4.21 Å². The van der Waals surface area contributed by atoms with Crippen LogP contribution in [0.1, 0.15) is 0 Å². The molecular weight excluding hydrogens is 304 g/mol. The first-order chi connectivity index (χ1) is 7.09. The molecule has 15 heavy (non-hydrogen) atoms. The van der Waals surface area contributed by atoms with Gasteiger partial charge in [0.15, 0.2) is 4.21 Å². The second-order valence-electron chi connectivity index (χ2n) is 2.57. The van der Waals surface area contributed by atoms with Crippen LogP contribution in [0.5, 0.6) is 0 Å². The lowest BCUT2D eigenvalue weighted by Crippen LogP contribution is -2.11. The molecule has 0 bridgehead atoms. The summed E-state index contributed by atoms with van der Waals surface area (Å²) in [5.41, 5.74) is 0.301. The summed E-state index contributed by atoms with van der Waals surface area (Å²) in [7, 11) is -3.55. The van der Waals surface area contributed by atoms with Crippen molar-refractivity contribution in [3.8, 4) is 0 Å². The van der Waals surface area contributed by atoms with E-state index in [1.807, 2.05) is 0 Å². The smallest absolute Gasteiger partial charge is 0.272 e. The highest BCUT2D eigenvalue weighted by molar-refractivity contribution is 9.10. The van der Waals surface area contributed by atoms with Crippen molar-refractivity contribution in [3.05, 3.63) is 28.4 Å². The van der Waals surface area contributed by atoms with Crippen molar-refractivity contribution in [1.82, 2.24) is 5.16 Å². The zero-order valence-electron chi connectivity index (χ0n) is 7.18. The third kappa shape index (κ3) is 2.21. The highest BCUT2D eigenvalue weighted by Gasteiger charge is 2.19. The fraction of sp³-hybridized carbons (Fsp3) is 0. The molecule has 0 saturated heterocycles. The SMILES string of the molecule is O=S(=O)(Nc1cnoc1)c1sccc1Br. The maximum absolute atomic E-state index is 11.8. The Morgan fingerprint density at radius 3 is 2.87 bits per heavy atom. The summed E-state index contributed by atoms with van der Waals surface area (Å²) >= 11 is 4.29. The van der Waals surface area contributed by atoms with E-state index < -0.39 is 10.0 Å². The number of hydrogen-bond donors (Lipinski definition) is 1. The van der Waals surface area contributed by atoms with Crippen molar-refractivity contribution < 1.29 is 12.9 Å². The van der Waals surface area contributed by atoms with Crippen molar-refractivity contribution >= 4 is 43.0 Å². The fourth-order valence-electron chi connectivity index (χ4n) is 0.928. The number of nitrogens with one attached hydrogen (secondary N) is 1. The quantitative estimate of drug-likeness (QED) is 0.944. The van der Waals surface area contributed by atoms with Crippen LogP contribution in [0.25, 0.3) is 0 Å². The first-order valence-electron chi connectivity index (χ1n) is 3.75. The number of anilines is 1. The van der Waals surface area contributed by atoms with E-state index >= 15 is 0 Å². The lowest BCUT2D eigenvalue weighted by molar-refractivity contribution is 0.420. The highest BCUT2D eigenvalue weighted by Crippen LogP contribution is 2.28. The zero-order chi connectivity index (χ0) is 10.9. The summed E-state index contributed by atoms with van der Waals surface area (Å²) in [5, 5.41) is 5.09. The van der Waals surface area contributed by atoms with Crippen LogP contribution in [-0.2, 0) is 10.0 Å². The summed E-state index contributed by atoms with van der Waals surface area (Å²) in [4.78, 5) is 0. The van der Waals surface area contributed by atoms with Crippen LogP contribution in [0.15, 0.2) is 37.1 Å². The Hall–Kier alpha value is -0.860. The van der Waals surface area contributed by atoms with E-state index in [1.54, 1.807) is 11.4 Å². The molecule has 0 spiro atoms. The Labute approximate surface area is 98.3 Å². The van der Waals surface area contributed by atoms with Crippen LogP contribution in [-0.4, -0.2) is 13.6 Å². The zero-order valence-corrected chi connectivity index (χ0v) is 10.4. The van der Waals surface area contributed by atoms with Gasteiger partial charge >= 0.3 is 0 Å². The summed E-state index contributed by atoms with van der Waals surface area (Å²) in [6.07, 6.45) is 2.51. The Morgan fingerprint density at radius 1 is 1.53 bits per heavy atom. The topological polar surface area (TPSA) is 72.2 Å². The Bertz CT molecular complexity index is 547. The van der Waals surface area contributed by atoms with Crippen LogP contribution < -0.4 is 4.72 Å². The van der Waals surface area contributed by atoms with Gasteiger partial charge in [-0.05, 0) is 27.4 Å². The largest absolute Gasteiger partial charge is 0.362 e. The molecule has 0 aliphatic carbocycles. The normalized spacial score (nSPS) is 11.5. The van der Waals surface area contributed by atoms with Crippen molar-refractivity contribution in [2.24, 2.45) is 0 Å². The number of hydrogen-bond acceptors (Lipinski definition) is 5. The van der Waals surface area contributed by atoms with Gasteiger partial charge in [0.25, 0.3) is 10.0 Å². The maximum Gasteiger partial charge on any atom is 0.272 e. The monoisotopic (exact) mass is 308 g/mol. The molecule has 5 nitrogen and oxygen atoms in total. The van der Waals surface area contributed by atoms with E-state index in [2.05, 4.69) is 30.3 Å². The molecule has 0 amide bonds. The van der Waals surface area contributed by atoms with Crippen molar-refractivity contribution in [3.63, 3.8) is 0 Å². The Balaban J connectivity index is 2.33.